The number of hydrogen-bond acceptors (Lipinski definition) is 3. The molecule has 0 spiro atoms. The summed E-state index contributed by atoms with van der Waals surface area (Å²) in [5.74, 6) is 4.72. The highest BCUT2D eigenvalue weighted by molar-refractivity contribution is 5.69. The van der Waals surface area contributed by atoms with Gasteiger partial charge in [0.1, 0.15) is 11.4 Å². The van der Waals surface area contributed by atoms with Crippen LogP contribution in [0.5, 0.6) is 5.75 Å². The molecular formula is C22H26O3. The van der Waals surface area contributed by atoms with Gasteiger partial charge in [0.2, 0.25) is 0 Å². The summed E-state index contributed by atoms with van der Waals surface area (Å²) < 4.78 is 5.25. The predicted molar refractivity (Wildman–Crippen MR) is 96.2 cm³/mol. The van der Waals surface area contributed by atoms with E-state index in [0.29, 0.717) is 23.5 Å². The lowest BCUT2D eigenvalue weighted by Gasteiger charge is -2.52. The first-order valence-corrected chi connectivity index (χ1v) is 9.39. The molecule has 4 rings (SSSR count). The lowest BCUT2D eigenvalue weighted by atomic mass is 9.53. The molecule has 0 saturated heterocycles. The minimum atomic E-state index is -0.942. The summed E-state index contributed by atoms with van der Waals surface area (Å²) in [5.41, 5.74) is 1.62. The van der Waals surface area contributed by atoms with Crippen LogP contribution in [0.4, 0.5) is 0 Å². The van der Waals surface area contributed by atoms with Crippen molar-refractivity contribution in [1.29, 1.82) is 0 Å². The number of fused-ring (bicyclic) bond motifs is 5. The fourth-order valence-electron chi connectivity index (χ4n) is 6.04. The molecule has 1 aromatic carbocycles. The fraction of sp³-hybridized carbons (Fsp3) is 0.591. The Morgan fingerprint density at radius 1 is 1.32 bits per heavy atom. The molecule has 0 bridgehead atoms. The van der Waals surface area contributed by atoms with Gasteiger partial charge in [-0.25, -0.2) is 0 Å². The van der Waals surface area contributed by atoms with Crippen molar-refractivity contribution in [2.24, 2.45) is 17.3 Å². The van der Waals surface area contributed by atoms with Gasteiger partial charge in [0, 0.05) is 12.3 Å². The van der Waals surface area contributed by atoms with E-state index in [0.717, 1.165) is 38.5 Å². The average molecular weight is 338 g/mol. The van der Waals surface area contributed by atoms with Crippen LogP contribution in [0.2, 0.25) is 0 Å². The van der Waals surface area contributed by atoms with E-state index < -0.39 is 5.60 Å². The van der Waals surface area contributed by atoms with E-state index >= 15 is 0 Å². The Hall–Kier alpha value is -1.79. The zero-order valence-corrected chi connectivity index (χ0v) is 15.0. The minimum Gasteiger partial charge on any atom is -0.427 e. The number of carbonyl (C=O) groups is 1. The molecule has 1 unspecified atom stereocenters. The van der Waals surface area contributed by atoms with Gasteiger partial charge in [0.25, 0.3) is 0 Å². The second kappa shape index (κ2) is 5.61. The molecule has 3 aliphatic rings. The van der Waals surface area contributed by atoms with Gasteiger partial charge in [0.05, 0.1) is 0 Å². The molecule has 3 heteroatoms. The van der Waals surface area contributed by atoms with Gasteiger partial charge in [-0.1, -0.05) is 18.9 Å². The molecule has 1 aromatic rings. The van der Waals surface area contributed by atoms with Crippen LogP contribution in [0, 0.1) is 29.6 Å². The lowest BCUT2D eigenvalue weighted by molar-refractivity contribution is -0.131. The number of aliphatic hydroxyl groups is 1. The number of aryl methyl sites for hydroxylation is 1. The van der Waals surface area contributed by atoms with Gasteiger partial charge >= 0.3 is 5.97 Å². The maximum atomic E-state index is 11.2. The Morgan fingerprint density at radius 3 is 2.84 bits per heavy atom. The van der Waals surface area contributed by atoms with E-state index in [4.69, 9.17) is 11.2 Å². The van der Waals surface area contributed by atoms with E-state index in [1.807, 2.05) is 12.1 Å². The van der Waals surface area contributed by atoms with Crippen molar-refractivity contribution in [2.75, 3.05) is 0 Å². The van der Waals surface area contributed by atoms with Crippen LogP contribution in [0.3, 0.4) is 0 Å². The van der Waals surface area contributed by atoms with Crippen LogP contribution in [0.15, 0.2) is 18.2 Å². The van der Waals surface area contributed by atoms with E-state index in [9.17, 15) is 9.90 Å². The highest BCUT2D eigenvalue weighted by atomic mass is 16.5. The van der Waals surface area contributed by atoms with Crippen LogP contribution in [-0.4, -0.2) is 16.7 Å². The van der Waals surface area contributed by atoms with E-state index in [1.54, 1.807) is 0 Å². The fourth-order valence-corrected chi connectivity index (χ4v) is 6.04. The van der Waals surface area contributed by atoms with E-state index in [2.05, 4.69) is 18.9 Å². The molecule has 2 fully saturated rings. The van der Waals surface area contributed by atoms with Crippen molar-refractivity contribution >= 4 is 5.97 Å². The Bertz CT molecular complexity index is 761. The SMILES string of the molecule is C#CC1(O)CC[C@H]2[C@@H]3CCc4cc(OC(C)=O)ccc4[C@H]3CC[C@@]21C. The summed E-state index contributed by atoms with van der Waals surface area (Å²) in [7, 11) is 0. The lowest BCUT2D eigenvalue weighted by Crippen LogP contribution is -2.50. The Morgan fingerprint density at radius 2 is 2.12 bits per heavy atom. The number of carbonyl (C=O) groups excluding carboxylic acids is 1. The van der Waals surface area contributed by atoms with Crippen molar-refractivity contribution in [3.63, 3.8) is 0 Å². The summed E-state index contributed by atoms with van der Waals surface area (Å²) in [5, 5.41) is 11.0. The van der Waals surface area contributed by atoms with Gasteiger partial charge in [-0.15, -0.1) is 6.42 Å². The third kappa shape index (κ3) is 2.34. The summed E-state index contributed by atoms with van der Waals surface area (Å²) in [6.07, 6.45) is 11.7. The van der Waals surface area contributed by atoms with Crippen molar-refractivity contribution in [1.82, 2.24) is 0 Å². The summed E-state index contributed by atoms with van der Waals surface area (Å²) in [4.78, 5) is 11.2. The summed E-state index contributed by atoms with van der Waals surface area (Å²) >= 11 is 0. The van der Waals surface area contributed by atoms with Gasteiger partial charge in [-0.3, -0.25) is 4.79 Å². The van der Waals surface area contributed by atoms with Gasteiger partial charge in [0.15, 0.2) is 0 Å². The highest BCUT2D eigenvalue weighted by Crippen LogP contribution is 2.64. The number of benzene rings is 1. The number of rotatable bonds is 1. The highest BCUT2D eigenvalue weighted by Gasteiger charge is 2.61. The number of esters is 1. The first kappa shape index (κ1) is 16.7. The third-order valence-corrected chi connectivity index (χ3v) is 7.35. The molecule has 25 heavy (non-hydrogen) atoms. The van der Waals surface area contributed by atoms with Crippen molar-refractivity contribution in [3.8, 4) is 18.1 Å². The van der Waals surface area contributed by atoms with Crippen LogP contribution in [0.25, 0.3) is 0 Å². The second-order valence-corrected chi connectivity index (χ2v) is 8.37. The van der Waals surface area contributed by atoms with Crippen LogP contribution < -0.4 is 4.74 Å². The number of ether oxygens (including phenoxy) is 1. The first-order valence-electron chi connectivity index (χ1n) is 9.39. The molecule has 0 aliphatic heterocycles. The van der Waals surface area contributed by atoms with E-state index in [-0.39, 0.29) is 11.4 Å². The average Bonchev–Trinajstić information content (AvgIpc) is 2.86. The molecular weight excluding hydrogens is 312 g/mol. The summed E-state index contributed by atoms with van der Waals surface area (Å²) in [6, 6.07) is 6.10. The Balaban J connectivity index is 1.65. The van der Waals surface area contributed by atoms with Crippen molar-refractivity contribution in [2.45, 2.75) is 63.9 Å². The smallest absolute Gasteiger partial charge is 0.308 e. The Labute approximate surface area is 149 Å². The molecule has 132 valence electrons. The molecule has 3 aliphatic carbocycles. The monoisotopic (exact) mass is 338 g/mol. The molecule has 0 aromatic heterocycles. The van der Waals surface area contributed by atoms with Crippen molar-refractivity contribution < 1.29 is 14.6 Å². The van der Waals surface area contributed by atoms with Crippen molar-refractivity contribution in [3.05, 3.63) is 29.3 Å². The maximum Gasteiger partial charge on any atom is 0.308 e. The molecule has 3 nitrogen and oxygen atoms in total. The summed E-state index contributed by atoms with van der Waals surface area (Å²) in [6.45, 7) is 3.64. The molecule has 2 saturated carbocycles. The predicted octanol–water partition coefficient (Wildman–Crippen LogP) is 3.83. The standard InChI is InChI=1S/C22H26O3/c1-4-22(24)12-10-20-19-7-5-15-13-16(25-14(2)23)6-8-17(15)18(19)9-11-21(20,22)3/h1,6,8,13,18-20,24H,5,7,9-12H2,2-3H3/t18-,19-,20+,21+,22?/m1/s1. The quantitative estimate of drug-likeness (QED) is 0.481. The normalized spacial score (nSPS) is 38.9. The molecule has 5 atom stereocenters. The van der Waals surface area contributed by atoms with Gasteiger partial charge < -0.3 is 9.84 Å². The third-order valence-electron chi connectivity index (χ3n) is 7.35. The van der Waals surface area contributed by atoms with Crippen LogP contribution >= 0.6 is 0 Å². The van der Waals surface area contributed by atoms with Crippen LogP contribution in [-0.2, 0) is 11.2 Å². The zero-order chi connectivity index (χ0) is 17.8. The Kier molecular flexibility index (Phi) is 3.74. The maximum absolute atomic E-state index is 11.2. The number of hydrogen-bond donors (Lipinski definition) is 1. The topological polar surface area (TPSA) is 46.5 Å². The first-order chi connectivity index (χ1) is 11.9. The molecule has 1 N–H and O–H groups in total. The largest absolute Gasteiger partial charge is 0.427 e. The molecule has 0 heterocycles. The number of terminal acetylenes is 1. The molecule has 0 amide bonds. The molecule has 0 radical (unpaired) electrons. The van der Waals surface area contributed by atoms with Gasteiger partial charge in [-0.05, 0) is 79.5 Å². The van der Waals surface area contributed by atoms with Crippen LogP contribution in [0.1, 0.15) is 63.0 Å². The minimum absolute atomic E-state index is 0.155. The van der Waals surface area contributed by atoms with Gasteiger partial charge in [-0.2, -0.15) is 0 Å². The van der Waals surface area contributed by atoms with E-state index in [1.165, 1.54) is 18.1 Å². The second-order valence-electron chi connectivity index (χ2n) is 8.37. The zero-order valence-electron chi connectivity index (χ0n) is 15.0.